The first kappa shape index (κ1) is 20.7. The van der Waals surface area contributed by atoms with Crippen LogP contribution in [0.2, 0.25) is 0 Å². The molecule has 1 aromatic carbocycles. The van der Waals surface area contributed by atoms with Crippen LogP contribution >= 0.6 is 0 Å². The number of amides is 2. The fourth-order valence-electron chi connectivity index (χ4n) is 3.71. The van der Waals surface area contributed by atoms with Crippen molar-refractivity contribution >= 4 is 12.0 Å². The number of urea groups is 1. The number of rotatable bonds is 6. The summed E-state index contributed by atoms with van der Waals surface area (Å²) in [5.74, 6) is 0.179. The molecule has 1 aliphatic heterocycles. The molecule has 1 aliphatic rings. The summed E-state index contributed by atoms with van der Waals surface area (Å²) in [5, 5.41) is 2.88. The number of hydrogen-bond donors (Lipinski definition) is 2. The number of fused-ring (bicyclic) bond motifs is 1. The second kappa shape index (κ2) is 8.98. The molecule has 2 amide bonds. The van der Waals surface area contributed by atoms with Gasteiger partial charge < -0.3 is 24.7 Å². The van der Waals surface area contributed by atoms with E-state index in [0.29, 0.717) is 18.7 Å². The summed E-state index contributed by atoms with van der Waals surface area (Å²) in [7, 11) is 2.94. The summed E-state index contributed by atoms with van der Waals surface area (Å²) >= 11 is 0. The molecule has 156 valence electrons. The van der Waals surface area contributed by atoms with Crippen molar-refractivity contribution in [3.05, 3.63) is 47.5 Å². The Balaban J connectivity index is 1.96. The van der Waals surface area contributed by atoms with Crippen LogP contribution in [0.1, 0.15) is 43.3 Å². The Morgan fingerprint density at radius 3 is 2.79 bits per heavy atom. The Labute approximate surface area is 170 Å². The van der Waals surface area contributed by atoms with Crippen molar-refractivity contribution in [3.63, 3.8) is 0 Å². The van der Waals surface area contributed by atoms with Crippen LogP contribution < -0.4 is 10.1 Å². The molecule has 2 heterocycles. The number of carbonyl (C=O) groups excluding carboxylic acids is 2. The highest BCUT2D eigenvalue weighted by molar-refractivity contribution is 5.84. The predicted molar refractivity (Wildman–Crippen MR) is 108 cm³/mol. The van der Waals surface area contributed by atoms with E-state index in [1.54, 1.807) is 18.3 Å². The molecule has 8 nitrogen and oxygen atoms in total. The monoisotopic (exact) mass is 400 g/mol. The number of hydrogen-bond acceptors (Lipinski definition) is 5. The molecule has 2 aromatic rings. The molecule has 29 heavy (non-hydrogen) atoms. The van der Waals surface area contributed by atoms with Crippen LogP contribution in [0.15, 0.2) is 30.6 Å². The van der Waals surface area contributed by atoms with E-state index in [9.17, 15) is 9.59 Å². The van der Waals surface area contributed by atoms with Gasteiger partial charge in [-0.25, -0.2) is 14.6 Å². The van der Waals surface area contributed by atoms with Gasteiger partial charge in [-0.15, -0.1) is 0 Å². The number of H-pyrrole nitrogens is 1. The maximum atomic E-state index is 13.3. The standard InChI is InChI=1S/C21H28N4O4/c1-5-13(2)17(20(26)29-4)24-21(27)25-11-10-15-18(23-12-22-15)19(25)14-8-6-7-9-16(14)28-3/h6-9,12-13,17,19H,5,10-11H2,1-4H3,(H,22,23)(H,24,27)/t13-,17+,19+/m1/s1. The van der Waals surface area contributed by atoms with Gasteiger partial charge in [0, 0.05) is 24.2 Å². The lowest BCUT2D eigenvalue weighted by atomic mass is 9.95. The highest BCUT2D eigenvalue weighted by Crippen LogP contribution is 2.37. The molecular formula is C21H28N4O4. The fraction of sp³-hybridized carbons (Fsp3) is 0.476. The predicted octanol–water partition coefficient (Wildman–Crippen LogP) is 2.66. The number of imidazole rings is 1. The van der Waals surface area contributed by atoms with Gasteiger partial charge in [-0.2, -0.15) is 0 Å². The zero-order chi connectivity index (χ0) is 21.0. The molecule has 0 bridgehead atoms. The van der Waals surface area contributed by atoms with E-state index in [1.807, 2.05) is 38.1 Å². The summed E-state index contributed by atoms with van der Waals surface area (Å²) in [4.78, 5) is 34.9. The van der Waals surface area contributed by atoms with E-state index < -0.39 is 18.1 Å². The molecule has 1 aromatic heterocycles. The van der Waals surface area contributed by atoms with Crippen LogP contribution in [0.5, 0.6) is 5.75 Å². The number of esters is 1. The lowest BCUT2D eigenvalue weighted by molar-refractivity contribution is -0.144. The molecule has 8 heteroatoms. The van der Waals surface area contributed by atoms with Gasteiger partial charge in [0.2, 0.25) is 0 Å². The Kier molecular flexibility index (Phi) is 6.41. The van der Waals surface area contributed by atoms with Crippen molar-refractivity contribution in [3.8, 4) is 5.75 Å². The highest BCUT2D eigenvalue weighted by Gasteiger charge is 2.37. The van der Waals surface area contributed by atoms with Crippen molar-refractivity contribution in [2.75, 3.05) is 20.8 Å². The van der Waals surface area contributed by atoms with Gasteiger partial charge in [0.15, 0.2) is 0 Å². The summed E-state index contributed by atoms with van der Waals surface area (Å²) in [6, 6.07) is 6.13. The van der Waals surface area contributed by atoms with Gasteiger partial charge in [0.1, 0.15) is 17.8 Å². The Morgan fingerprint density at radius 1 is 1.34 bits per heavy atom. The smallest absolute Gasteiger partial charge is 0.328 e. The van der Waals surface area contributed by atoms with Crippen molar-refractivity contribution < 1.29 is 19.1 Å². The normalized spacial score (nSPS) is 17.8. The lowest BCUT2D eigenvalue weighted by Crippen LogP contribution is -2.53. The largest absolute Gasteiger partial charge is 0.496 e. The molecule has 0 fully saturated rings. The lowest BCUT2D eigenvalue weighted by Gasteiger charge is -2.37. The van der Waals surface area contributed by atoms with Gasteiger partial charge in [-0.1, -0.05) is 38.5 Å². The Bertz CT molecular complexity index is 866. The van der Waals surface area contributed by atoms with Crippen molar-refractivity contribution in [1.29, 1.82) is 0 Å². The molecule has 0 saturated carbocycles. The van der Waals surface area contributed by atoms with Crippen LogP contribution in [0.25, 0.3) is 0 Å². The van der Waals surface area contributed by atoms with Gasteiger partial charge in [-0.3, -0.25) is 0 Å². The van der Waals surface area contributed by atoms with Gasteiger partial charge in [-0.05, 0) is 12.0 Å². The number of methoxy groups -OCH3 is 2. The van der Waals surface area contributed by atoms with Crippen LogP contribution in [-0.2, 0) is 16.0 Å². The zero-order valence-electron chi connectivity index (χ0n) is 17.3. The summed E-state index contributed by atoms with van der Waals surface area (Å²) in [6.45, 7) is 4.38. The average Bonchev–Trinajstić information content (AvgIpc) is 3.24. The molecule has 0 spiro atoms. The highest BCUT2D eigenvalue weighted by atomic mass is 16.5. The topological polar surface area (TPSA) is 96.5 Å². The van der Waals surface area contributed by atoms with E-state index >= 15 is 0 Å². The second-order valence-electron chi connectivity index (χ2n) is 7.19. The quantitative estimate of drug-likeness (QED) is 0.727. The minimum Gasteiger partial charge on any atom is -0.496 e. The minimum atomic E-state index is -0.712. The summed E-state index contributed by atoms with van der Waals surface area (Å²) in [6.07, 6.45) is 3.03. The van der Waals surface area contributed by atoms with E-state index in [2.05, 4.69) is 15.3 Å². The van der Waals surface area contributed by atoms with Crippen LogP contribution in [-0.4, -0.2) is 53.7 Å². The van der Waals surface area contributed by atoms with Gasteiger partial charge >= 0.3 is 12.0 Å². The molecule has 3 atom stereocenters. The van der Waals surface area contributed by atoms with E-state index in [0.717, 1.165) is 23.4 Å². The second-order valence-corrected chi connectivity index (χ2v) is 7.19. The molecular weight excluding hydrogens is 372 g/mol. The molecule has 0 radical (unpaired) electrons. The van der Waals surface area contributed by atoms with E-state index in [1.165, 1.54) is 7.11 Å². The van der Waals surface area contributed by atoms with Gasteiger partial charge in [0.05, 0.1) is 26.2 Å². The number of nitrogens with one attached hydrogen (secondary N) is 2. The molecule has 0 saturated heterocycles. The Morgan fingerprint density at radius 2 is 2.10 bits per heavy atom. The third kappa shape index (κ3) is 4.06. The number of nitrogens with zero attached hydrogens (tertiary/aromatic N) is 2. The minimum absolute atomic E-state index is 0.0538. The maximum Gasteiger partial charge on any atom is 0.328 e. The Hall–Kier alpha value is -3.03. The molecule has 0 unspecified atom stereocenters. The van der Waals surface area contributed by atoms with Gasteiger partial charge in [0.25, 0.3) is 0 Å². The summed E-state index contributed by atoms with van der Waals surface area (Å²) in [5.41, 5.74) is 2.63. The zero-order valence-corrected chi connectivity index (χ0v) is 17.3. The number of carbonyl (C=O) groups is 2. The number of aromatic amines is 1. The number of benzene rings is 1. The van der Waals surface area contributed by atoms with Crippen molar-refractivity contribution in [2.24, 2.45) is 5.92 Å². The summed E-state index contributed by atoms with van der Waals surface area (Å²) < 4.78 is 10.4. The van der Waals surface area contributed by atoms with Crippen molar-refractivity contribution in [1.82, 2.24) is 20.2 Å². The molecule has 0 aliphatic carbocycles. The first-order valence-corrected chi connectivity index (χ1v) is 9.81. The van der Waals surface area contributed by atoms with E-state index in [4.69, 9.17) is 9.47 Å². The van der Waals surface area contributed by atoms with Crippen LogP contribution in [0.4, 0.5) is 4.79 Å². The molecule has 2 N–H and O–H groups in total. The third-order valence-corrected chi connectivity index (χ3v) is 5.57. The average molecular weight is 400 g/mol. The SMILES string of the molecule is CC[C@@H](C)[C@H](NC(=O)N1CCc2[nH]cnc2[C@@H]1c1ccccc1OC)C(=O)OC. The number of ether oxygens (including phenoxy) is 2. The van der Waals surface area contributed by atoms with E-state index in [-0.39, 0.29) is 11.9 Å². The maximum absolute atomic E-state index is 13.3. The third-order valence-electron chi connectivity index (χ3n) is 5.57. The number of aromatic nitrogens is 2. The fourth-order valence-corrected chi connectivity index (χ4v) is 3.71. The van der Waals surface area contributed by atoms with Crippen LogP contribution in [0, 0.1) is 5.92 Å². The van der Waals surface area contributed by atoms with Crippen LogP contribution in [0.3, 0.4) is 0 Å². The first-order valence-electron chi connectivity index (χ1n) is 9.81. The molecule has 3 rings (SSSR count). The first-order chi connectivity index (χ1) is 14.0. The number of para-hydroxylation sites is 1. The van der Waals surface area contributed by atoms with Crippen molar-refractivity contribution in [2.45, 2.75) is 38.8 Å².